The molecule has 2 fully saturated rings. The van der Waals surface area contributed by atoms with Crippen molar-refractivity contribution in [3.05, 3.63) is 23.8 Å². The maximum absolute atomic E-state index is 13.1. The molecular weight excluding hydrogens is 536 g/mol. The SMILES string of the molecule is CCCCCCCC(=O)OC1/C(C)=C\C2OC(=O)[C@]3(C)OC23C(OC(C)=O)C2[C@](C)(O)C(O)C=C[C@]2(C)C(O)C1O. The highest BCUT2D eigenvalue weighted by Crippen LogP contribution is 2.65. The molecule has 0 amide bonds. The van der Waals surface area contributed by atoms with Gasteiger partial charge >= 0.3 is 17.9 Å². The molecule has 0 aromatic carbocycles. The van der Waals surface area contributed by atoms with Gasteiger partial charge in [0.2, 0.25) is 0 Å². The topological polar surface area (TPSA) is 172 Å². The summed E-state index contributed by atoms with van der Waals surface area (Å²) in [6.07, 6.45) is 0.148. The largest absolute Gasteiger partial charge is 0.459 e. The summed E-state index contributed by atoms with van der Waals surface area (Å²) in [5, 5.41) is 45.9. The number of fused-ring (bicyclic) bond motifs is 1. The average molecular weight is 581 g/mol. The summed E-state index contributed by atoms with van der Waals surface area (Å²) in [5.74, 6) is -3.35. The minimum atomic E-state index is -2.04. The van der Waals surface area contributed by atoms with Gasteiger partial charge in [0.05, 0.1) is 11.7 Å². The van der Waals surface area contributed by atoms with Crippen LogP contribution >= 0.6 is 0 Å². The monoisotopic (exact) mass is 580 g/mol. The van der Waals surface area contributed by atoms with Gasteiger partial charge in [0, 0.05) is 24.7 Å². The Labute approximate surface area is 240 Å². The number of rotatable bonds is 8. The first kappa shape index (κ1) is 31.6. The molecule has 2 heterocycles. The lowest BCUT2D eigenvalue weighted by atomic mass is 9.55. The van der Waals surface area contributed by atoms with Crippen molar-refractivity contribution in [2.75, 3.05) is 0 Å². The van der Waals surface area contributed by atoms with Crippen molar-refractivity contribution in [2.45, 2.75) is 133 Å². The van der Waals surface area contributed by atoms with Crippen molar-refractivity contribution in [2.24, 2.45) is 11.3 Å². The zero-order chi connectivity index (χ0) is 30.5. The molecule has 11 atom stereocenters. The zero-order valence-electron chi connectivity index (χ0n) is 24.7. The van der Waals surface area contributed by atoms with Gasteiger partial charge in [-0.2, -0.15) is 0 Å². The lowest BCUT2D eigenvalue weighted by Crippen LogP contribution is -2.68. The Morgan fingerprint density at radius 2 is 1.71 bits per heavy atom. The van der Waals surface area contributed by atoms with E-state index >= 15 is 0 Å². The van der Waals surface area contributed by atoms with E-state index in [1.165, 1.54) is 39.0 Å². The van der Waals surface area contributed by atoms with Crippen molar-refractivity contribution in [3.63, 3.8) is 0 Å². The van der Waals surface area contributed by atoms with Gasteiger partial charge in [-0.05, 0) is 38.8 Å². The molecule has 0 saturated carbocycles. The average Bonchev–Trinajstić information content (AvgIpc) is 3.48. The van der Waals surface area contributed by atoms with Crippen LogP contribution in [0.4, 0.5) is 0 Å². The van der Waals surface area contributed by atoms with Gasteiger partial charge < -0.3 is 39.4 Å². The second kappa shape index (κ2) is 11.1. The summed E-state index contributed by atoms with van der Waals surface area (Å²) < 4.78 is 23.3. The highest BCUT2D eigenvalue weighted by Gasteiger charge is 2.87. The van der Waals surface area contributed by atoms with E-state index in [-0.39, 0.29) is 6.42 Å². The fraction of sp³-hybridized carbons (Fsp3) is 0.767. The molecule has 11 nitrogen and oxygen atoms in total. The Morgan fingerprint density at radius 1 is 1.05 bits per heavy atom. The fourth-order valence-corrected chi connectivity index (χ4v) is 7.09. The minimum Gasteiger partial charge on any atom is -0.459 e. The van der Waals surface area contributed by atoms with E-state index in [1.807, 2.05) is 0 Å². The molecule has 0 bridgehead atoms. The molecule has 1 spiro atoms. The number of epoxide rings is 1. The lowest BCUT2D eigenvalue weighted by molar-refractivity contribution is -0.220. The quantitative estimate of drug-likeness (QED) is 0.108. The number of hydrogen-bond donors (Lipinski definition) is 4. The van der Waals surface area contributed by atoms with Gasteiger partial charge in [-0.1, -0.05) is 51.7 Å². The first-order valence-electron chi connectivity index (χ1n) is 14.5. The van der Waals surface area contributed by atoms with E-state index in [1.54, 1.807) is 6.92 Å². The molecular formula is C30H44O11. The second-order valence-corrected chi connectivity index (χ2v) is 12.6. The molecule has 2 aliphatic carbocycles. The highest BCUT2D eigenvalue weighted by atomic mass is 16.7. The zero-order valence-corrected chi connectivity index (χ0v) is 24.7. The minimum absolute atomic E-state index is 0.120. The molecule has 4 rings (SSSR count). The van der Waals surface area contributed by atoms with Crippen LogP contribution in [0.1, 0.15) is 80.1 Å². The number of esters is 3. The van der Waals surface area contributed by atoms with Crippen LogP contribution in [-0.2, 0) is 33.3 Å². The van der Waals surface area contributed by atoms with E-state index < -0.39 is 82.7 Å². The Morgan fingerprint density at radius 3 is 2.32 bits per heavy atom. The third-order valence-electron chi connectivity index (χ3n) is 9.55. The molecule has 4 N–H and O–H groups in total. The van der Waals surface area contributed by atoms with Crippen molar-refractivity contribution in [1.82, 2.24) is 0 Å². The van der Waals surface area contributed by atoms with Gasteiger partial charge in [-0.3, -0.25) is 9.59 Å². The van der Waals surface area contributed by atoms with Crippen LogP contribution in [0.3, 0.4) is 0 Å². The third-order valence-corrected chi connectivity index (χ3v) is 9.55. The number of aliphatic hydroxyl groups is 4. The molecule has 0 aromatic rings. The van der Waals surface area contributed by atoms with Crippen LogP contribution < -0.4 is 0 Å². The van der Waals surface area contributed by atoms with Gasteiger partial charge in [0.25, 0.3) is 0 Å². The Kier molecular flexibility index (Phi) is 8.54. The number of carbonyl (C=O) groups is 3. The molecule has 2 saturated heterocycles. The molecule has 0 aromatic heterocycles. The fourth-order valence-electron chi connectivity index (χ4n) is 7.09. The third kappa shape index (κ3) is 5.03. The molecule has 8 unspecified atom stereocenters. The standard InChI is InChI=1S/C30H44O11/c1-7-8-9-10-11-12-20(33)40-22-16(2)15-19-30(29(6,41-30)26(36)39-19)25(38-17(3)31)23-27(4,24(35)21(22)34)14-13-18(32)28(23,5)37/h13-15,18-19,21-25,32,34-35,37H,7-12H2,1-6H3/b16-15-/t18?,19?,21?,22?,23?,24?,25?,27-,28+,29-,30?/m0/s1. The Hall–Kier alpha value is -2.31. The summed E-state index contributed by atoms with van der Waals surface area (Å²) in [5.41, 5.74) is -6.52. The van der Waals surface area contributed by atoms with Crippen LogP contribution in [0.15, 0.2) is 23.8 Å². The predicted molar refractivity (Wildman–Crippen MR) is 144 cm³/mol. The van der Waals surface area contributed by atoms with Crippen LogP contribution in [-0.4, -0.2) is 91.8 Å². The number of aliphatic hydroxyl groups excluding tert-OH is 3. The first-order valence-corrected chi connectivity index (χ1v) is 14.5. The predicted octanol–water partition coefficient (Wildman–Crippen LogP) is 1.63. The van der Waals surface area contributed by atoms with Gasteiger partial charge in [-0.15, -0.1) is 0 Å². The number of carbonyl (C=O) groups excluding carboxylic acids is 3. The van der Waals surface area contributed by atoms with Gasteiger partial charge in [-0.25, -0.2) is 4.79 Å². The smallest absolute Gasteiger partial charge is 0.342 e. The maximum atomic E-state index is 13.1. The summed E-state index contributed by atoms with van der Waals surface area (Å²) in [6.45, 7) is 9.18. The first-order chi connectivity index (χ1) is 19.1. The van der Waals surface area contributed by atoms with E-state index in [2.05, 4.69) is 6.92 Å². The molecule has 4 aliphatic rings. The van der Waals surface area contributed by atoms with Crippen LogP contribution in [0, 0.1) is 11.3 Å². The van der Waals surface area contributed by atoms with E-state index in [9.17, 15) is 34.8 Å². The van der Waals surface area contributed by atoms with Crippen molar-refractivity contribution >= 4 is 17.9 Å². The molecule has 2 aliphatic heterocycles. The summed E-state index contributed by atoms with van der Waals surface area (Å²) in [4.78, 5) is 38.4. The normalized spacial score (nSPS) is 46.2. The van der Waals surface area contributed by atoms with Crippen molar-refractivity contribution < 1.29 is 53.8 Å². The highest BCUT2D eigenvalue weighted by molar-refractivity contribution is 5.89. The summed E-state index contributed by atoms with van der Waals surface area (Å²) in [6, 6.07) is 0. The number of ether oxygens (including phenoxy) is 4. The second-order valence-electron chi connectivity index (χ2n) is 12.6. The Bertz CT molecular complexity index is 1110. The van der Waals surface area contributed by atoms with E-state index in [0.717, 1.165) is 32.6 Å². The molecule has 41 heavy (non-hydrogen) atoms. The number of unbranched alkanes of at least 4 members (excludes halogenated alkanes) is 4. The Balaban J connectivity index is 1.82. The van der Waals surface area contributed by atoms with Crippen molar-refractivity contribution in [1.29, 1.82) is 0 Å². The molecule has 11 heteroatoms. The van der Waals surface area contributed by atoms with Gasteiger partial charge in [0.1, 0.15) is 18.3 Å². The lowest BCUT2D eigenvalue weighted by Gasteiger charge is -2.55. The van der Waals surface area contributed by atoms with Gasteiger partial charge in [0.15, 0.2) is 23.4 Å². The summed E-state index contributed by atoms with van der Waals surface area (Å²) >= 11 is 0. The maximum Gasteiger partial charge on any atom is 0.342 e. The number of hydrogen-bond acceptors (Lipinski definition) is 11. The molecule has 230 valence electrons. The van der Waals surface area contributed by atoms with Crippen LogP contribution in [0.2, 0.25) is 0 Å². The van der Waals surface area contributed by atoms with Crippen LogP contribution in [0.5, 0.6) is 0 Å². The summed E-state index contributed by atoms with van der Waals surface area (Å²) in [7, 11) is 0. The molecule has 0 radical (unpaired) electrons. The van der Waals surface area contributed by atoms with Crippen LogP contribution in [0.25, 0.3) is 0 Å². The van der Waals surface area contributed by atoms with E-state index in [0.29, 0.717) is 12.0 Å². The van der Waals surface area contributed by atoms with Crippen molar-refractivity contribution in [3.8, 4) is 0 Å². The van der Waals surface area contributed by atoms with E-state index in [4.69, 9.17) is 18.9 Å².